The van der Waals surface area contributed by atoms with E-state index in [1.165, 1.54) is 32.1 Å². The molecule has 0 bridgehead atoms. The van der Waals surface area contributed by atoms with Crippen molar-refractivity contribution in [3.05, 3.63) is 0 Å². The first kappa shape index (κ1) is 14.8. The van der Waals surface area contributed by atoms with Crippen molar-refractivity contribution in [1.82, 2.24) is 9.80 Å². The number of hydrogen-bond donors (Lipinski definition) is 1. The lowest BCUT2D eigenvalue weighted by Crippen LogP contribution is -2.41. The minimum absolute atomic E-state index is 0.276. The highest BCUT2D eigenvalue weighted by atomic mass is 16.3. The van der Waals surface area contributed by atoms with Gasteiger partial charge >= 0.3 is 0 Å². The largest absolute Gasteiger partial charge is 0.396 e. The maximum atomic E-state index is 12.3. The van der Waals surface area contributed by atoms with E-state index in [2.05, 4.69) is 9.80 Å². The number of nitrogens with zero attached hydrogens (tertiary/aromatic N) is 2. The zero-order chi connectivity index (χ0) is 13.5. The Labute approximate surface area is 116 Å². The molecule has 0 aromatic rings. The Hall–Kier alpha value is -0.610. The molecular formula is C15H28N2O2. The predicted molar refractivity (Wildman–Crippen MR) is 75.9 cm³/mol. The molecule has 0 saturated carbocycles. The average Bonchev–Trinajstić information content (AvgIpc) is 2.76. The van der Waals surface area contributed by atoms with E-state index < -0.39 is 0 Å². The van der Waals surface area contributed by atoms with Gasteiger partial charge in [0.2, 0.25) is 5.91 Å². The summed E-state index contributed by atoms with van der Waals surface area (Å²) < 4.78 is 0. The Bertz CT molecular complexity index is 275. The van der Waals surface area contributed by atoms with Gasteiger partial charge in [0.15, 0.2) is 0 Å². The molecule has 4 nitrogen and oxygen atoms in total. The Kier molecular flexibility index (Phi) is 6.11. The summed E-state index contributed by atoms with van der Waals surface area (Å²) >= 11 is 0. The van der Waals surface area contributed by atoms with Gasteiger partial charge in [-0.3, -0.25) is 9.69 Å². The fraction of sp³-hybridized carbons (Fsp3) is 0.933. The normalized spacial score (nSPS) is 26.2. The molecule has 2 saturated heterocycles. The summed E-state index contributed by atoms with van der Waals surface area (Å²) in [5, 5.41) is 8.96. The second kappa shape index (κ2) is 7.85. The number of hydrogen-bond acceptors (Lipinski definition) is 3. The van der Waals surface area contributed by atoms with Crippen LogP contribution in [0.25, 0.3) is 0 Å². The maximum absolute atomic E-state index is 12.3. The zero-order valence-corrected chi connectivity index (χ0v) is 12.0. The molecule has 1 N–H and O–H groups in total. The Morgan fingerprint density at radius 1 is 1.05 bits per heavy atom. The number of aliphatic hydroxyl groups excluding tert-OH is 1. The molecule has 2 fully saturated rings. The third kappa shape index (κ3) is 4.77. The minimum atomic E-state index is 0.276. The Balaban J connectivity index is 1.73. The fourth-order valence-electron chi connectivity index (χ4n) is 3.26. The van der Waals surface area contributed by atoms with Crippen LogP contribution in [0, 0.1) is 5.92 Å². The van der Waals surface area contributed by atoms with Crippen molar-refractivity contribution in [1.29, 1.82) is 0 Å². The monoisotopic (exact) mass is 268 g/mol. The summed E-state index contributed by atoms with van der Waals surface area (Å²) in [6, 6.07) is 0. The molecule has 1 atom stereocenters. The number of carbonyl (C=O) groups excluding carboxylic acids is 1. The van der Waals surface area contributed by atoms with Gasteiger partial charge in [-0.15, -0.1) is 0 Å². The molecule has 4 heteroatoms. The van der Waals surface area contributed by atoms with Crippen molar-refractivity contribution >= 4 is 5.91 Å². The van der Waals surface area contributed by atoms with Crippen LogP contribution in [-0.2, 0) is 4.79 Å². The van der Waals surface area contributed by atoms with Crippen LogP contribution in [0.3, 0.4) is 0 Å². The number of amides is 1. The average molecular weight is 268 g/mol. The summed E-state index contributed by atoms with van der Waals surface area (Å²) in [7, 11) is 0. The maximum Gasteiger partial charge on any atom is 0.236 e. The van der Waals surface area contributed by atoms with Gasteiger partial charge in [0.1, 0.15) is 0 Å². The van der Waals surface area contributed by atoms with Crippen LogP contribution >= 0.6 is 0 Å². The van der Waals surface area contributed by atoms with Gasteiger partial charge in [-0.2, -0.15) is 0 Å². The summed E-state index contributed by atoms with van der Waals surface area (Å²) in [4.78, 5) is 16.7. The molecule has 2 heterocycles. The van der Waals surface area contributed by atoms with Crippen molar-refractivity contribution in [3.63, 3.8) is 0 Å². The quantitative estimate of drug-likeness (QED) is 0.840. The second-order valence-corrected chi connectivity index (χ2v) is 6.05. The molecule has 1 unspecified atom stereocenters. The SMILES string of the molecule is O=C(CN1CCC(CCO)C1)N1CCCCCCC1. The number of carbonyl (C=O) groups is 1. The van der Waals surface area contributed by atoms with E-state index in [1.54, 1.807) is 0 Å². The van der Waals surface area contributed by atoms with Crippen molar-refractivity contribution in [2.75, 3.05) is 39.3 Å². The summed E-state index contributed by atoms with van der Waals surface area (Å²) in [5.74, 6) is 0.900. The lowest BCUT2D eigenvalue weighted by Gasteiger charge is -2.27. The molecule has 2 aliphatic heterocycles. The van der Waals surface area contributed by atoms with Crippen LogP contribution in [0.5, 0.6) is 0 Å². The van der Waals surface area contributed by atoms with Gasteiger partial charge in [-0.25, -0.2) is 0 Å². The molecule has 1 amide bonds. The van der Waals surface area contributed by atoms with E-state index in [-0.39, 0.29) is 6.61 Å². The predicted octanol–water partition coefficient (Wildman–Crippen LogP) is 1.48. The van der Waals surface area contributed by atoms with Crippen molar-refractivity contribution in [2.45, 2.75) is 44.9 Å². The Morgan fingerprint density at radius 3 is 2.42 bits per heavy atom. The van der Waals surface area contributed by atoms with Gasteiger partial charge in [-0.05, 0) is 38.1 Å². The van der Waals surface area contributed by atoms with Gasteiger partial charge in [0.25, 0.3) is 0 Å². The summed E-state index contributed by atoms with van der Waals surface area (Å²) in [6.45, 7) is 4.77. The lowest BCUT2D eigenvalue weighted by atomic mass is 10.1. The van der Waals surface area contributed by atoms with Gasteiger partial charge in [0, 0.05) is 26.2 Å². The lowest BCUT2D eigenvalue weighted by molar-refractivity contribution is -0.132. The van der Waals surface area contributed by atoms with Crippen molar-refractivity contribution < 1.29 is 9.90 Å². The molecule has 19 heavy (non-hydrogen) atoms. The van der Waals surface area contributed by atoms with Crippen LogP contribution in [0.15, 0.2) is 0 Å². The number of rotatable bonds is 4. The van der Waals surface area contributed by atoms with Gasteiger partial charge in [0.05, 0.1) is 6.54 Å². The highest BCUT2D eigenvalue weighted by Crippen LogP contribution is 2.19. The molecule has 2 aliphatic rings. The van der Waals surface area contributed by atoms with E-state index in [9.17, 15) is 4.79 Å². The smallest absolute Gasteiger partial charge is 0.236 e. The first-order valence-electron chi connectivity index (χ1n) is 7.90. The van der Waals surface area contributed by atoms with E-state index in [1.807, 2.05) is 0 Å². The van der Waals surface area contributed by atoms with Crippen LogP contribution in [0.1, 0.15) is 44.9 Å². The molecule has 0 aliphatic carbocycles. The second-order valence-electron chi connectivity index (χ2n) is 6.05. The molecule has 0 aromatic carbocycles. The zero-order valence-electron chi connectivity index (χ0n) is 12.0. The van der Waals surface area contributed by atoms with Crippen LogP contribution in [-0.4, -0.2) is 60.1 Å². The van der Waals surface area contributed by atoms with Gasteiger partial charge < -0.3 is 10.0 Å². The molecule has 0 spiro atoms. The first-order chi connectivity index (χ1) is 9.29. The highest BCUT2D eigenvalue weighted by Gasteiger charge is 2.25. The molecular weight excluding hydrogens is 240 g/mol. The highest BCUT2D eigenvalue weighted by molar-refractivity contribution is 5.78. The number of aliphatic hydroxyl groups is 1. The van der Waals surface area contributed by atoms with Gasteiger partial charge in [-0.1, -0.05) is 19.3 Å². The summed E-state index contributed by atoms with van der Waals surface area (Å²) in [5.41, 5.74) is 0. The van der Waals surface area contributed by atoms with E-state index in [0.29, 0.717) is 18.4 Å². The number of likely N-dealkylation sites (tertiary alicyclic amines) is 2. The van der Waals surface area contributed by atoms with Crippen molar-refractivity contribution in [3.8, 4) is 0 Å². The first-order valence-corrected chi connectivity index (χ1v) is 7.90. The standard InChI is InChI=1S/C15H28N2O2/c18-11-7-14-6-10-16(12-14)13-15(19)17-8-4-2-1-3-5-9-17/h14,18H,1-13H2. The van der Waals surface area contributed by atoms with Crippen LogP contribution in [0.4, 0.5) is 0 Å². The molecule has 0 radical (unpaired) electrons. The third-order valence-corrected chi connectivity index (χ3v) is 4.47. The molecule has 2 rings (SSSR count). The van der Waals surface area contributed by atoms with Crippen LogP contribution in [0.2, 0.25) is 0 Å². The van der Waals surface area contributed by atoms with E-state index in [0.717, 1.165) is 39.0 Å². The van der Waals surface area contributed by atoms with E-state index in [4.69, 9.17) is 5.11 Å². The topological polar surface area (TPSA) is 43.8 Å². The summed E-state index contributed by atoms with van der Waals surface area (Å²) in [6.07, 6.45) is 8.22. The molecule has 110 valence electrons. The minimum Gasteiger partial charge on any atom is -0.396 e. The third-order valence-electron chi connectivity index (χ3n) is 4.47. The Morgan fingerprint density at radius 2 is 1.74 bits per heavy atom. The fourth-order valence-corrected chi connectivity index (χ4v) is 3.26. The van der Waals surface area contributed by atoms with Crippen LogP contribution < -0.4 is 0 Å². The van der Waals surface area contributed by atoms with Crippen molar-refractivity contribution in [2.24, 2.45) is 5.92 Å². The van der Waals surface area contributed by atoms with E-state index >= 15 is 0 Å². The molecule has 0 aromatic heterocycles.